The first-order valence-corrected chi connectivity index (χ1v) is 7.40. The van der Waals surface area contributed by atoms with E-state index >= 15 is 0 Å². The SMILES string of the molecule is COCCOC(=N)c1ccc(C#Cc2ccc(C(F)(F)F)cc2)cc1. The highest BCUT2D eigenvalue weighted by Gasteiger charge is 2.29. The molecule has 0 aliphatic heterocycles. The van der Waals surface area contributed by atoms with Crippen LogP contribution in [0.4, 0.5) is 13.2 Å². The molecule has 0 saturated heterocycles. The van der Waals surface area contributed by atoms with Crippen molar-refractivity contribution < 1.29 is 22.6 Å². The molecule has 6 heteroatoms. The predicted molar refractivity (Wildman–Crippen MR) is 88.5 cm³/mol. The zero-order valence-corrected chi connectivity index (χ0v) is 13.5. The third kappa shape index (κ3) is 5.66. The van der Waals surface area contributed by atoms with E-state index in [1.807, 2.05) is 0 Å². The van der Waals surface area contributed by atoms with Crippen LogP contribution in [0.1, 0.15) is 22.3 Å². The van der Waals surface area contributed by atoms with Crippen molar-refractivity contribution in [3.05, 3.63) is 70.8 Å². The van der Waals surface area contributed by atoms with E-state index in [0.29, 0.717) is 29.9 Å². The number of rotatable bonds is 4. The van der Waals surface area contributed by atoms with Crippen LogP contribution < -0.4 is 0 Å². The summed E-state index contributed by atoms with van der Waals surface area (Å²) in [4.78, 5) is 0. The quantitative estimate of drug-likeness (QED) is 0.392. The molecule has 0 aliphatic carbocycles. The smallest absolute Gasteiger partial charge is 0.416 e. The van der Waals surface area contributed by atoms with Crippen molar-refractivity contribution in [2.24, 2.45) is 0 Å². The van der Waals surface area contributed by atoms with Gasteiger partial charge in [-0.1, -0.05) is 11.8 Å². The van der Waals surface area contributed by atoms with Crippen LogP contribution in [0.2, 0.25) is 0 Å². The van der Waals surface area contributed by atoms with Gasteiger partial charge in [-0.2, -0.15) is 13.2 Å². The van der Waals surface area contributed by atoms with Crippen LogP contribution in [0.3, 0.4) is 0 Å². The molecule has 130 valence electrons. The molecule has 2 rings (SSSR count). The minimum Gasteiger partial charge on any atom is -0.475 e. The Bertz CT molecular complexity index is 770. The average molecular weight is 347 g/mol. The van der Waals surface area contributed by atoms with Gasteiger partial charge >= 0.3 is 6.18 Å². The van der Waals surface area contributed by atoms with E-state index in [9.17, 15) is 13.2 Å². The zero-order valence-electron chi connectivity index (χ0n) is 13.5. The number of hydrogen-bond donors (Lipinski definition) is 1. The molecule has 0 spiro atoms. The lowest BCUT2D eigenvalue weighted by Crippen LogP contribution is -2.09. The highest BCUT2D eigenvalue weighted by atomic mass is 19.4. The van der Waals surface area contributed by atoms with Crippen LogP contribution in [0, 0.1) is 17.3 Å². The van der Waals surface area contributed by atoms with Crippen molar-refractivity contribution >= 4 is 5.90 Å². The standard InChI is InChI=1S/C19H16F3NO2/c1-24-12-13-25-18(23)16-8-4-14(5-9-16)2-3-15-6-10-17(11-7-15)19(20,21)22/h4-11,23H,12-13H2,1H3. The lowest BCUT2D eigenvalue weighted by molar-refractivity contribution is -0.137. The molecule has 0 aliphatic rings. The zero-order chi connectivity index (χ0) is 18.3. The summed E-state index contributed by atoms with van der Waals surface area (Å²) in [6.45, 7) is 0.698. The van der Waals surface area contributed by atoms with E-state index in [2.05, 4.69) is 11.8 Å². The molecule has 2 aromatic carbocycles. The van der Waals surface area contributed by atoms with Crippen molar-refractivity contribution in [3.63, 3.8) is 0 Å². The van der Waals surface area contributed by atoms with Gasteiger partial charge in [-0.25, -0.2) is 0 Å². The minimum absolute atomic E-state index is 0.0410. The second-order valence-electron chi connectivity index (χ2n) is 5.07. The number of alkyl halides is 3. The molecule has 0 atom stereocenters. The van der Waals surface area contributed by atoms with Gasteiger partial charge in [0.05, 0.1) is 12.2 Å². The second kappa shape index (κ2) is 8.36. The summed E-state index contributed by atoms with van der Waals surface area (Å²) in [5.41, 5.74) is 1.09. The molecule has 0 unspecified atom stereocenters. The molecule has 1 N–H and O–H groups in total. The largest absolute Gasteiger partial charge is 0.475 e. The first-order chi connectivity index (χ1) is 11.9. The Labute approximate surface area is 143 Å². The van der Waals surface area contributed by atoms with Crippen molar-refractivity contribution in [1.82, 2.24) is 0 Å². The first kappa shape index (κ1) is 18.6. The Morgan fingerprint density at radius 2 is 1.44 bits per heavy atom. The average Bonchev–Trinajstić information content (AvgIpc) is 2.60. The molecule has 0 saturated carbocycles. The Morgan fingerprint density at radius 3 is 1.92 bits per heavy atom. The maximum Gasteiger partial charge on any atom is 0.416 e. The topological polar surface area (TPSA) is 42.3 Å². The Balaban J connectivity index is 2.02. The van der Waals surface area contributed by atoms with E-state index in [1.165, 1.54) is 12.1 Å². The van der Waals surface area contributed by atoms with E-state index in [4.69, 9.17) is 14.9 Å². The van der Waals surface area contributed by atoms with Crippen LogP contribution in [-0.4, -0.2) is 26.2 Å². The monoisotopic (exact) mass is 347 g/mol. The van der Waals surface area contributed by atoms with Crippen LogP contribution in [0.25, 0.3) is 0 Å². The minimum atomic E-state index is -4.35. The van der Waals surface area contributed by atoms with Gasteiger partial charge in [0.1, 0.15) is 6.61 Å². The number of nitrogens with one attached hydrogen (secondary N) is 1. The summed E-state index contributed by atoms with van der Waals surface area (Å²) in [5, 5.41) is 7.78. The van der Waals surface area contributed by atoms with E-state index < -0.39 is 11.7 Å². The highest BCUT2D eigenvalue weighted by molar-refractivity contribution is 5.91. The summed E-state index contributed by atoms with van der Waals surface area (Å²) in [6.07, 6.45) is -4.35. The molecule has 0 radical (unpaired) electrons. The van der Waals surface area contributed by atoms with Crippen molar-refractivity contribution in [2.45, 2.75) is 6.18 Å². The third-order valence-corrected chi connectivity index (χ3v) is 3.24. The summed E-state index contributed by atoms with van der Waals surface area (Å²) in [7, 11) is 1.55. The van der Waals surface area contributed by atoms with Crippen molar-refractivity contribution in [1.29, 1.82) is 5.41 Å². The predicted octanol–water partition coefficient (Wildman–Crippen LogP) is 4.09. The van der Waals surface area contributed by atoms with Gasteiger partial charge in [-0.05, 0) is 48.5 Å². The molecule has 25 heavy (non-hydrogen) atoms. The number of benzene rings is 2. The summed E-state index contributed by atoms with van der Waals surface area (Å²) < 4.78 is 47.6. The lowest BCUT2D eigenvalue weighted by Gasteiger charge is -2.06. The van der Waals surface area contributed by atoms with Crippen LogP contribution in [0.5, 0.6) is 0 Å². The fourth-order valence-electron chi connectivity index (χ4n) is 1.90. The molecule has 0 bridgehead atoms. The van der Waals surface area contributed by atoms with Gasteiger partial charge in [0, 0.05) is 23.8 Å². The Morgan fingerprint density at radius 1 is 0.920 bits per heavy atom. The van der Waals surface area contributed by atoms with E-state index in [0.717, 1.165) is 12.1 Å². The van der Waals surface area contributed by atoms with E-state index in [-0.39, 0.29) is 5.90 Å². The van der Waals surface area contributed by atoms with Crippen LogP contribution in [-0.2, 0) is 15.7 Å². The fraction of sp³-hybridized carbons (Fsp3) is 0.211. The van der Waals surface area contributed by atoms with Crippen LogP contribution in [0.15, 0.2) is 48.5 Å². The van der Waals surface area contributed by atoms with Gasteiger partial charge in [-0.3, -0.25) is 5.41 Å². The first-order valence-electron chi connectivity index (χ1n) is 7.40. The van der Waals surface area contributed by atoms with Crippen molar-refractivity contribution in [3.8, 4) is 11.8 Å². The summed E-state index contributed by atoms with van der Waals surface area (Å²) in [6, 6.07) is 11.5. The molecule has 0 heterocycles. The van der Waals surface area contributed by atoms with Gasteiger partial charge in [0.25, 0.3) is 0 Å². The van der Waals surface area contributed by atoms with Gasteiger partial charge in [-0.15, -0.1) is 0 Å². The van der Waals surface area contributed by atoms with Gasteiger partial charge in [0.15, 0.2) is 0 Å². The summed E-state index contributed by atoms with van der Waals surface area (Å²) in [5.74, 6) is 5.73. The van der Waals surface area contributed by atoms with Gasteiger partial charge in [0.2, 0.25) is 5.90 Å². The van der Waals surface area contributed by atoms with E-state index in [1.54, 1.807) is 31.4 Å². The number of hydrogen-bond acceptors (Lipinski definition) is 3. The number of ether oxygens (including phenoxy) is 2. The maximum absolute atomic E-state index is 12.5. The number of halogens is 3. The fourth-order valence-corrected chi connectivity index (χ4v) is 1.90. The summed E-state index contributed by atoms with van der Waals surface area (Å²) >= 11 is 0. The molecule has 3 nitrogen and oxygen atoms in total. The van der Waals surface area contributed by atoms with Gasteiger partial charge < -0.3 is 9.47 Å². The normalized spacial score (nSPS) is 10.7. The molecular weight excluding hydrogens is 331 g/mol. The lowest BCUT2D eigenvalue weighted by atomic mass is 10.1. The molecular formula is C19H16F3NO2. The Kier molecular flexibility index (Phi) is 6.20. The molecule has 0 aromatic heterocycles. The highest BCUT2D eigenvalue weighted by Crippen LogP contribution is 2.28. The van der Waals surface area contributed by atoms with Crippen LogP contribution >= 0.6 is 0 Å². The molecule has 0 amide bonds. The second-order valence-corrected chi connectivity index (χ2v) is 5.07. The molecule has 2 aromatic rings. The Hall–Kier alpha value is -2.78. The number of methoxy groups -OCH3 is 1. The molecule has 0 fully saturated rings. The third-order valence-electron chi connectivity index (χ3n) is 3.24. The van der Waals surface area contributed by atoms with Crippen molar-refractivity contribution in [2.75, 3.05) is 20.3 Å². The maximum atomic E-state index is 12.5.